The Hall–Kier alpha value is -1.82. The zero-order valence-electron chi connectivity index (χ0n) is 12.0. The molecule has 2 N–H and O–H groups in total. The number of hydrogen-bond donors (Lipinski definition) is 1. The molecule has 0 saturated heterocycles. The highest BCUT2D eigenvalue weighted by Crippen LogP contribution is 2.30. The molecule has 0 bridgehead atoms. The average molecular weight is 310 g/mol. The quantitative estimate of drug-likeness (QED) is 0.946. The topological polar surface area (TPSA) is 52.0 Å². The summed E-state index contributed by atoms with van der Waals surface area (Å²) in [5.74, 6) is 1.74. The number of nitrogens with two attached hydrogens (primary N) is 1. The standard InChI is InChI=1S/C16H17F3N2O/c17-16(18,19)12-3-1-2-10(6-12)8-15-21-13-7-11(9-20)4-5-14(13)22-15/h1-3,6,11H,4-5,7-9,20H2. The lowest BCUT2D eigenvalue weighted by Gasteiger charge is -2.17. The van der Waals surface area contributed by atoms with Crippen LogP contribution in [0.1, 0.15) is 34.9 Å². The lowest BCUT2D eigenvalue weighted by atomic mass is 9.90. The van der Waals surface area contributed by atoms with Crippen LogP contribution in [0.2, 0.25) is 0 Å². The second-order valence-corrected chi connectivity index (χ2v) is 5.70. The van der Waals surface area contributed by atoms with E-state index in [0.717, 1.165) is 42.8 Å². The van der Waals surface area contributed by atoms with Crippen molar-refractivity contribution >= 4 is 0 Å². The molecule has 0 spiro atoms. The number of halogens is 3. The van der Waals surface area contributed by atoms with Crippen molar-refractivity contribution in [2.75, 3.05) is 6.54 Å². The molecule has 1 aliphatic carbocycles. The van der Waals surface area contributed by atoms with Crippen LogP contribution >= 0.6 is 0 Å². The lowest BCUT2D eigenvalue weighted by Crippen LogP contribution is -2.21. The molecular formula is C16H17F3N2O. The fraction of sp³-hybridized carbons (Fsp3) is 0.438. The number of aromatic nitrogens is 1. The van der Waals surface area contributed by atoms with Crippen molar-refractivity contribution in [2.45, 2.75) is 31.9 Å². The van der Waals surface area contributed by atoms with Crippen molar-refractivity contribution in [1.29, 1.82) is 0 Å². The first-order chi connectivity index (χ1) is 10.5. The highest BCUT2D eigenvalue weighted by Gasteiger charge is 2.30. The molecule has 1 heterocycles. The minimum Gasteiger partial charge on any atom is -0.445 e. The maximum atomic E-state index is 12.7. The summed E-state index contributed by atoms with van der Waals surface area (Å²) in [6, 6.07) is 5.27. The predicted molar refractivity (Wildman–Crippen MR) is 75.3 cm³/mol. The van der Waals surface area contributed by atoms with Crippen LogP contribution in [0.5, 0.6) is 0 Å². The molecule has 1 aromatic carbocycles. The molecule has 6 heteroatoms. The van der Waals surface area contributed by atoms with Gasteiger partial charge in [-0.05, 0) is 36.9 Å². The Morgan fingerprint density at radius 1 is 1.32 bits per heavy atom. The highest BCUT2D eigenvalue weighted by molar-refractivity contribution is 5.28. The van der Waals surface area contributed by atoms with E-state index < -0.39 is 11.7 Å². The third kappa shape index (κ3) is 3.16. The first kappa shape index (κ1) is 15.1. The van der Waals surface area contributed by atoms with Crippen molar-refractivity contribution in [1.82, 2.24) is 4.98 Å². The molecule has 0 saturated carbocycles. The van der Waals surface area contributed by atoms with Gasteiger partial charge in [-0.25, -0.2) is 4.98 Å². The molecule has 2 aromatic rings. The second kappa shape index (κ2) is 5.76. The monoisotopic (exact) mass is 310 g/mol. The number of rotatable bonds is 3. The van der Waals surface area contributed by atoms with E-state index >= 15 is 0 Å². The van der Waals surface area contributed by atoms with E-state index in [-0.39, 0.29) is 6.42 Å². The van der Waals surface area contributed by atoms with Gasteiger partial charge in [0, 0.05) is 12.8 Å². The van der Waals surface area contributed by atoms with Crippen LogP contribution in [-0.4, -0.2) is 11.5 Å². The zero-order valence-corrected chi connectivity index (χ0v) is 12.0. The number of fused-ring (bicyclic) bond motifs is 1. The SMILES string of the molecule is NCC1CCc2oc(Cc3cccc(C(F)(F)F)c3)nc2C1. The number of benzene rings is 1. The summed E-state index contributed by atoms with van der Waals surface area (Å²) in [6.07, 6.45) is -1.50. The van der Waals surface area contributed by atoms with Crippen LogP contribution in [0.3, 0.4) is 0 Å². The molecule has 3 rings (SSSR count). The molecule has 1 atom stereocenters. The first-order valence-electron chi connectivity index (χ1n) is 7.29. The van der Waals surface area contributed by atoms with Gasteiger partial charge in [-0.2, -0.15) is 13.2 Å². The fourth-order valence-electron chi connectivity index (χ4n) is 2.81. The van der Waals surface area contributed by atoms with Gasteiger partial charge in [0.05, 0.1) is 11.3 Å². The van der Waals surface area contributed by atoms with Crippen LogP contribution in [0.4, 0.5) is 13.2 Å². The highest BCUT2D eigenvalue weighted by atomic mass is 19.4. The van der Waals surface area contributed by atoms with Crippen LogP contribution in [0.25, 0.3) is 0 Å². The molecule has 118 valence electrons. The summed E-state index contributed by atoms with van der Waals surface area (Å²) in [6.45, 7) is 0.620. The molecular weight excluding hydrogens is 293 g/mol. The fourth-order valence-corrected chi connectivity index (χ4v) is 2.81. The van der Waals surface area contributed by atoms with E-state index in [1.54, 1.807) is 6.07 Å². The zero-order chi connectivity index (χ0) is 15.7. The van der Waals surface area contributed by atoms with Gasteiger partial charge in [0.15, 0.2) is 5.89 Å². The van der Waals surface area contributed by atoms with Crippen LogP contribution in [-0.2, 0) is 25.4 Å². The summed E-state index contributed by atoms with van der Waals surface area (Å²) in [4.78, 5) is 4.43. The summed E-state index contributed by atoms with van der Waals surface area (Å²) < 4.78 is 43.9. The van der Waals surface area contributed by atoms with Gasteiger partial charge in [-0.1, -0.05) is 18.2 Å². The van der Waals surface area contributed by atoms with Crippen molar-refractivity contribution in [2.24, 2.45) is 11.7 Å². The number of aryl methyl sites for hydroxylation is 1. The van der Waals surface area contributed by atoms with Gasteiger partial charge >= 0.3 is 6.18 Å². The molecule has 1 aromatic heterocycles. The van der Waals surface area contributed by atoms with Gasteiger partial charge in [0.25, 0.3) is 0 Å². The summed E-state index contributed by atoms with van der Waals surface area (Å²) in [5, 5.41) is 0. The molecule has 1 aliphatic rings. The Morgan fingerprint density at radius 3 is 2.86 bits per heavy atom. The van der Waals surface area contributed by atoms with Gasteiger partial charge in [-0.3, -0.25) is 0 Å². The maximum absolute atomic E-state index is 12.7. The smallest absolute Gasteiger partial charge is 0.416 e. The summed E-state index contributed by atoms with van der Waals surface area (Å²) in [5.41, 5.74) is 6.49. The maximum Gasteiger partial charge on any atom is 0.416 e. The molecule has 1 unspecified atom stereocenters. The van der Waals surface area contributed by atoms with Gasteiger partial charge in [0.2, 0.25) is 0 Å². The van der Waals surface area contributed by atoms with E-state index in [1.807, 2.05) is 0 Å². The third-order valence-corrected chi connectivity index (χ3v) is 4.03. The number of hydrogen-bond acceptors (Lipinski definition) is 3. The number of alkyl halides is 3. The van der Waals surface area contributed by atoms with Crippen molar-refractivity contribution in [3.63, 3.8) is 0 Å². The van der Waals surface area contributed by atoms with Gasteiger partial charge in [-0.15, -0.1) is 0 Å². The Balaban J connectivity index is 1.79. The van der Waals surface area contributed by atoms with E-state index in [9.17, 15) is 13.2 Å². The summed E-state index contributed by atoms with van der Waals surface area (Å²) in [7, 11) is 0. The Morgan fingerprint density at radius 2 is 2.14 bits per heavy atom. The average Bonchev–Trinajstić information content (AvgIpc) is 2.87. The molecule has 0 radical (unpaired) electrons. The summed E-state index contributed by atoms with van der Waals surface area (Å²) >= 11 is 0. The van der Waals surface area contributed by atoms with Crippen LogP contribution in [0, 0.1) is 5.92 Å². The largest absolute Gasteiger partial charge is 0.445 e. The number of nitrogens with zero attached hydrogens (tertiary/aromatic N) is 1. The Kier molecular flexibility index (Phi) is 3.95. The van der Waals surface area contributed by atoms with Crippen molar-refractivity contribution in [3.05, 3.63) is 52.7 Å². The molecule has 0 amide bonds. The van der Waals surface area contributed by atoms with Crippen molar-refractivity contribution in [3.8, 4) is 0 Å². The lowest BCUT2D eigenvalue weighted by molar-refractivity contribution is -0.137. The van der Waals surface area contributed by atoms with E-state index in [4.69, 9.17) is 10.2 Å². The second-order valence-electron chi connectivity index (χ2n) is 5.70. The van der Waals surface area contributed by atoms with Gasteiger partial charge in [0.1, 0.15) is 5.76 Å². The van der Waals surface area contributed by atoms with Crippen LogP contribution < -0.4 is 5.73 Å². The van der Waals surface area contributed by atoms with Crippen LogP contribution in [0.15, 0.2) is 28.7 Å². The minimum atomic E-state index is -4.33. The Labute approximate surface area is 126 Å². The van der Waals surface area contributed by atoms with Gasteiger partial charge < -0.3 is 10.2 Å². The van der Waals surface area contributed by atoms with E-state index in [0.29, 0.717) is 23.9 Å². The molecule has 22 heavy (non-hydrogen) atoms. The predicted octanol–water partition coefficient (Wildman–Crippen LogP) is 3.35. The minimum absolute atomic E-state index is 0.268. The molecule has 0 aliphatic heterocycles. The van der Waals surface area contributed by atoms with E-state index in [1.165, 1.54) is 6.07 Å². The number of oxazole rings is 1. The normalized spacial score (nSPS) is 18.3. The third-order valence-electron chi connectivity index (χ3n) is 4.03. The van der Waals surface area contributed by atoms with E-state index in [2.05, 4.69) is 4.98 Å². The van der Waals surface area contributed by atoms with Crippen molar-refractivity contribution < 1.29 is 17.6 Å². The first-order valence-corrected chi connectivity index (χ1v) is 7.29. The molecule has 0 fully saturated rings. The Bertz CT molecular complexity index is 664. The molecule has 3 nitrogen and oxygen atoms in total.